The minimum atomic E-state index is -0.362. The maximum atomic E-state index is 14.0. The van der Waals surface area contributed by atoms with E-state index in [1.54, 1.807) is 23.0 Å². The topological polar surface area (TPSA) is 48.0 Å². The molecule has 0 N–H and O–H groups in total. The molecule has 4 nitrogen and oxygen atoms in total. The van der Waals surface area contributed by atoms with E-state index in [0.717, 1.165) is 21.1 Å². The van der Waals surface area contributed by atoms with Crippen LogP contribution in [0.2, 0.25) is 0 Å². The van der Waals surface area contributed by atoms with Gasteiger partial charge in [0.2, 0.25) is 0 Å². The van der Waals surface area contributed by atoms with Crippen LogP contribution in [0.5, 0.6) is 0 Å². The minimum absolute atomic E-state index is 0.134. The highest BCUT2D eigenvalue weighted by atomic mass is 32.1. The second-order valence-electron chi connectivity index (χ2n) is 7.74. The molecule has 0 atom stereocenters. The van der Waals surface area contributed by atoms with Crippen LogP contribution in [0.4, 0.5) is 4.39 Å². The Morgan fingerprint density at radius 3 is 2.55 bits per heavy atom. The summed E-state index contributed by atoms with van der Waals surface area (Å²) in [7, 11) is 0. The van der Waals surface area contributed by atoms with E-state index < -0.39 is 0 Å². The molecule has 33 heavy (non-hydrogen) atoms. The zero-order chi connectivity index (χ0) is 22.8. The van der Waals surface area contributed by atoms with E-state index in [1.807, 2.05) is 61.5 Å². The highest BCUT2D eigenvalue weighted by Gasteiger charge is 2.19. The monoisotopic (exact) mass is 456 g/mol. The largest absolute Gasteiger partial charge is 0.464 e. The first-order valence-corrected chi connectivity index (χ1v) is 11.5. The molecule has 0 aliphatic carbocycles. The Morgan fingerprint density at radius 1 is 0.970 bits per heavy atom. The molecule has 3 aromatic heterocycles. The summed E-state index contributed by atoms with van der Waals surface area (Å²) >= 11 is 1.49. The summed E-state index contributed by atoms with van der Waals surface area (Å²) in [5, 5.41) is 0. The molecule has 3 heterocycles. The van der Waals surface area contributed by atoms with Crippen LogP contribution in [0.15, 0.2) is 94.3 Å². The summed E-state index contributed by atoms with van der Waals surface area (Å²) in [5.41, 5.74) is 2.74. The summed E-state index contributed by atoms with van der Waals surface area (Å²) < 4.78 is 21.2. The molecule has 0 saturated heterocycles. The van der Waals surface area contributed by atoms with Gasteiger partial charge in [0, 0.05) is 17.0 Å². The van der Waals surface area contributed by atoms with E-state index in [4.69, 9.17) is 9.40 Å². The van der Waals surface area contributed by atoms with Gasteiger partial charge >= 0.3 is 0 Å². The fourth-order valence-electron chi connectivity index (χ4n) is 3.91. The van der Waals surface area contributed by atoms with Gasteiger partial charge in [-0.1, -0.05) is 42.5 Å². The number of aryl methyl sites for hydroxylation is 2. The summed E-state index contributed by atoms with van der Waals surface area (Å²) in [5.74, 6) is 0.872. The van der Waals surface area contributed by atoms with Gasteiger partial charge in [0.25, 0.3) is 5.56 Å². The van der Waals surface area contributed by atoms with Crippen LogP contribution in [0, 0.1) is 12.7 Å². The summed E-state index contributed by atoms with van der Waals surface area (Å²) in [4.78, 5) is 20.4. The van der Waals surface area contributed by atoms with Gasteiger partial charge in [0.1, 0.15) is 17.4 Å². The Balaban J connectivity index is 1.63. The first-order valence-electron chi connectivity index (χ1n) is 10.7. The average Bonchev–Trinajstić information content (AvgIpc) is 3.51. The number of furan rings is 1. The molecular weight excluding hydrogens is 435 g/mol. The lowest BCUT2D eigenvalue weighted by Gasteiger charge is -2.16. The third-order valence-corrected chi connectivity index (χ3v) is 6.63. The molecule has 0 aliphatic rings. The van der Waals surface area contributed by atoms with Crippen molar-refractivity contribution in [3.05, 3.63) is 113 Å². The highest BCUT2D eigenvalue weighted by molar-refractivity contribution is 7.18. The number of aromatic nitrogens is 2. The Kier molecular flexibility index (Phi) is 5.75. The van der Waals surface area contributed by atoms with E-state index in [1.165, 1.54) is 23.5 Å². The first-order chi connectivity index (χ1) is 16.1. The number of thiophene rings is 1. The quantitative estimate of drug-likeness (QED) is 0.290. The van der Waals surface area contributed by atoms with Gasteiger partial charge in [-0.2, -0.15) is 0 Å². The molecule has 0 bridgehead atoms. The van der Waals surface area contributed by atoms with Gasteiger partial charge in [0.15, 0.2) is 0 Å². The van der Waals surface area contributed by atoms with E-state index in [9.17, 15) is 9.18 Å². The molecule has 0 spiro atoms. The number of hydrogen-bond acceptors (Lipinski definition) is 4. The number of nitrogens with zero attached hydrogens (tertiary/aromatic N) is 2. The van der Waals surface area contributed by atoms with Crippen LogP contribution in [0.1, 0.15) is 11.3 Å². The van der Waals surface area contributed by atoms with Gasteiger partial charge in [-0.05, 0) is 55.3 Å². The van der Waals surface area contributed by atoms with E-state index in [2.05, 4.69) is 0 Å². The van der Waals surface area contributed by atoms with Crippen molar-refractivity contribution in [3.63, 3.8) is 0 Å². The maximum absolute atomic E-state index is 14.0. The summed E-state index contributed by atoms with van der Waals surface area (Å²) in [6.45, 7) is 2.26. The predicted molar refractivity (Wildman–Crippen MR) is 130 cm³/mol. The van der Waals surface area contributed by atoms with Gasteiger partial charge in [0.05, 0.1) is 22.4 Å². The zero-order valence-electron chi connectivity index (χ0n) is 18.0. The van der Waals surface area contributed by atoms with Crippen molar-refractivity contribution >= 4 is 11.3 Å². The molecule has 0 aliphatic heterocycles. The lowest BCUT2D eigenvalue weighted by atomic mass is 10.1. The highest BCUT2D eigenvalue weighted by Crippen LogP contribution is 2.35. The van der Waals surface area contributed by atoms with Crippen LogP contribution in [-0.2, 0) is 13.0 Å². The number of hydrogen-bond donors (Lipinski definition) is 0. The first kappa shape index (κ1) is 21.1. The van der Waals surface area contributed by atoms with Gasteiger partial charge in [-0.25, -0.2) is 9.37 Å². The van der Waals surface area contributed by atoms with Crippen molar-refractivity contribution in [1.82, 2.24) is 9.55 Å². The van der Waals surface area contributed by atoms with E-state index in [-0.39, 0.29) is 11.4 Å². The van der Waals surface area contributed by atoms with Gasteiger partial charge in [-0.15, -0.1) is 11.3 Å². The van der Waals surface area contributed by atoms with Crippen molar-refractivity contribution in [2.45, 2.75) is 19.9 Å². The van der Waals surface area contributed by atoms with Crippen LogP contribution < -0.4 is 5.56 Å². The van der Waals surface area contributed by atoms with Crippen LogP contribution >= 0.6 is 11.3 Å². The number of rotatable bonds is 6. The second-order valence-corrected chi connectivity index (χ2v) is 8.82. The molecule has 0 fully saturated rings. The average molecular weight is 457 g/mol. The fourth-order valence-corrected chi connectivity index (χ4v) is 4.97. The van der Waals surface area contributed by atoms with Crippen molar-refractivity contribution in [3.8, 4) is 32.5 Å². The Bertz CT molecular complexity index is 1450. The third kappa shape index (κ3) is 4.30. The molecule has 6 heteroatoms. The van der Waals surface area contributed by atoms with E-state index in [0.29, 0.717) is 35.6 Å². The van der Waals surface area contributed by atoms with Gasteiger partial charge in [-0.3, -0.25) is 9.36 Å². The minimum Gasteiger partial charge on any atom is -0.464 e. The molecule has 2 aromatic carbocycles. The standard InChI is InChI=1S/C27H21FN2O2S/c1-18-25(24-13-12-23(33-24)22-11-6-16-32-22)27(31)30(15-14-19-7-3-2-4-8-19)26(29-18)20-9-5-10-21(28)17-20/h2-13,16-17H,14-15H2,1H3. The molecular formula is C27H21FN2O2S. The second kappa shape index (κ2) is 9.00. The van der Waals surface area contributed by atoms with Crippen LogP contribution in [0.25, 0.3) is 32.5 Å². The molecule has 0 unspecified atom stereocenters. The Morgan fingerprint density at radius 2 is 1.79 bits per heavy atom. The summed E-state index contributed by atoms with van der Waals surface area (Å²) in [6, 6.07) is 23.8. The fraction of sp³-hybridized carbons (Fsp3) is 0.111. The van der Waals surface area contributed by atoms with Crippen LogP contribution in [0.3, 0.4) is 0 Å². The molecule has 164 valence electrons. The lowest BCUT2D eigenvalue weighted by Crippen LogP contribution is -2.26. The molecule has 0 saturated carbocycles. The van der Waals surface area contributed by atoms with Crippen molar-refractivity contribution < 1.29 is 8.81 Å². The van der Waals surface area contributed by atoms with Gasteiger partial charge < -0.3 is 4.42 Å². The Hall–Kier alpha value is -3.77. The predicted octanol–water partition coefficient (Wildman–Crippen LogP) is 6.59. The molecule has 5 aromatic rings. The molecule has 0 amide bonds. The van der Waals surface area contributed by atoms with Crippen molar-refractivity contribution in [2.75, 3.05) is 0 Å². The Labute approximate surface area is 194 Å². The number of halogens is 1. The zero-order valence-corrected chi connectivity index (χ0v) is 18.8. The SMILES string of the molecule is Cc1nc(-c2cccc(F)c2)n(CCc2ccccc2)c(=O)c1-c1ccc(-c2ccco2)s1. The third-order valence-electron chi connectivity index (χ3n) is 5.52. The van der Waals surface area contributed by atoms with Crippen LogP contribution in [-0.4, -0.2) is 9.55 Å². The lowest BCUT2D eigenvalue weighted by molar-refractivity contribution is 0.584. The number of benzene rings is 2. The maximum Gasteiger partial charge on any atom is 0.262 e. The van der Waals surface area contributed by atoms with Crippen molar-refractivity contribution in [1.29, 1.82) is 0 Å². The molecule has 0 radical (unpaired) electrons. The van der Waals surface area contributed by atoms with E-state index >= 15 is 0 Å². The summed E-state index contributed by atoms with van der Waals surface area (Å²) in [6.07, 6.45) is 2.29. The van der Waals surface area contributed by atoms with Crippen molar-refractivity contribution in [2.24, 2.45) is 0 Å². The smallest absolute Gasteiger partial charge is 0.262 e. The molecule has 5 rings (SSSR count). The normalized spacial score (nSPS) is 11.1.